The van der Waals surface area contributed by atoms with E-state index in [1.54, 1.807) is 35.2 Å². The minimum atomic E-state index is -4.54. The average Bonchev–Trinajstić information content (AvgIpc) is 3.21. The van der Waals surface area contributed by atoms with Crippen LogP contribution in [0, 0.1) is 0 Å². The van der Waals surface area contributed by atoms with Gasteiger partial charge in [-0.25, -0.2) is 0 Å². The molecule has 2 aromatic carbocycles. The quantitative estimate of drug-likeness (QED) is 0.215. The van der Waals surface area contributed by atoms with Crippen molar-refractivity contribution in [2.45, 2.75) is 44.7 Å². The third-order valence-corrected chi connectivity index (χ3v) is 6.20. The van der Waals surface area contributed by atoms with Crippen LogP contribution in [0.25, 0.3) is 12.2 Å². The Kier molecular flexibility index (Phi) is 9.79. The predicted molar refractivity (Wildman–Crippen MR) is 143 cm³/mol. The topological polar surface area (TPSA) is 36.7 Å². The third-order valence-electron chi connectivity index (χ3n) is 6.20. The molecule has 0 spiro atoms. The highest BCUT2D eigenvalue weighted by Gasteiger charge is 2.30. The Hall–Kier alpha value is -3.24. The van der Waals surface area contributed by atoms with E-state index < -0.39 is 25.2 Å². The summed E-state index contributed by atoms with van der Waals surface area (Å²) in [5, 5.41) is 0. The number of hydrogen-bond donors (Lipinski definition) is 0. The summed E-state index contributed by atoms with van der Waals surface area (Å²) >= 11 is 0. The lowest BCUT2D eigenvalue weighted by molar-refractivity contribution is -0.127. The van der Waals surface area contributed by atoms with Crippen molar-refractivity contribution < 1.29 is 35.6 Å². The molecule has 1 aliphatic heterocycles. The summed E-state index contributed by atoms with van der Waals surface area (Å²) in [4.78, 5) is 16.8. The van der Waals surface area contributed by atoms with Gasteiger partial charge in [0.1, 0.15) is 11.5 Å². The highest BCUT2D eigenvalue weighted by molar-refractivity contribution is 5.94. The number of carbonyl (C=O) groups is 1. The summed E-state index contributed by atoms with van der Waals surface area (Å²) in [6.07, 6.45) is -7.97. The molecule has 0 unspecified atom stereocenters. The van der Waals surface area contributed by atoms with E-state index in [2.05, 4.69) is 0 Å². The number of hydrogen-bond acceptors (Lipinski definition) is 3. The fourth-order valence-electron chi connectivity index (χ4n) is 4.61. The van der Waals surface area contributed by atoms with Crippen LogP contribution < -0.4 is 0 Å². The molecule has 0 fully saturated rings. The fourth-order valence-corrected chi connectivity index (χ4v) is 4.61. The van der Waals surface area contributed by atoms with Gasteiger partial charge < -0.3 is 14.2 Å². The molecule has 216 valence electrons. The highest BCUT2D eigenvalue weighted by atomic mass is 35.5. The second-order valence-electron chi connectivity index (χ2n) is 10.00. The van der Waals surface area contributed by atoms with Gasteiger partial charge in [0.25, 0.3) is 5.91 Å². The van der Waals surface area contributed by atoms with Crippen LogP contribution in [0.15, 0.2) is 52.9 Å². The van der Waals surface area contributed by atoms with E-state index in [-0.39, 0.29) is 35.0 Å². The molecule has 0 bridgehead atoms. The van der Waals surface area contributed by atoms with Crippen LogP contribution >= 0.6 is 12.4 Å². The number of benzene rings is 2. The van der Waals surface area contributed by atoms with Gasteiger partial charge >= 0.3 is 12.4 Å². The van der Waals surface area contributed by atoms with E-state index in [4.69, 9.17) is 4.42 Å². The lowest BCUT2D eigenvalue weighted by Gasteiger charge is -2.26. The molecule has 4 nitrogen and oxygen atoms in total. The standard InChI is InChI=1S/C29H28F6N2O2.ClH/c1-36(2)17-25-14-24-9-10-37(18-26(24)39-25)27(38)23-7-5-19(6-8-23)3-4-20-11-21(15-28(30,31)32)13-22(12-20)16-29(33,34)35;/h3-8,11-14H,9-10,15-18H2,1-2H3;1H. The van der Waals surface area contributed by atoms with E-state index in [1.165, 1.54) is 18.2 Å². The summed E-state index contributed by atoms with van der Waals surface area (Å²) in [5.41, 5.74) is 1.97. The second kappa shape index (κ2) is 12.5. The van der Waals surface area contributed by atoms with Gasteiger partial charge in [0.2, 0.25) is 0 Å². The summed E-state index contributed by atoms with van der Waals surface area (Å²) in [6, 6.07) is 12.1. The Morgan fingerprint density at radius 1 is 0.900 bits per heavy atom. The van der Waals surface area contributed by atoms with E-state index in [0.29, 0.717) is 37.2 Å². The van der Waals surface area contributed by atoms with Crippen molar-refractivity contribution in [2.75, 3.05) is 20.6 Å². The zero-order valence-corrected chi connectivity index (χ0v) is 22.7. The van der Waals surface area contributed by atoms with Crippen LogP contribution in [0.3, 0.4) is 0 Å². The van der Waals surface area contributed by atoms with E-state index in [9.17, 15) is 31.1 Å². The van der Waals surface area contributed by atoms with Crippen LogP contribution in [0.2, 0.25) is 0 Å². The lowest BCUT2D eigenvalue weighted by atomic mass is 10.00. The van der Waals surface area contributed by atoms with Crippen LogP contribution in [-0.4, -0.2) is 48.7 Å². The molecule has 4 rings (SSSR count). The Bertz CT molecular complexity index is 1310. The number of alkyl halides is 6. The number of furan rings is 1. The first kappa shape index (κ1) is 31.3. The molecular formula is C29H29ClF6N2O2. The van der Waals surface area contributed by atoms with Crippen LogP contribution in [0.4, 0.5) is 26.3 Å². The van der Waals surface area contributed by atoms with Gasteiger partial charge in [-0.3, -0.25) is 4.79 Å². The molecule has 1 aliphatic rings. The highest BCUT2D eigenvalue weighted by Crippen LogP contribution is 2.28. The van der Waals surface area contributed by atoms with Gasteiger partial charge in [-0.2, -0.15) is 26.3 Å². The smallest absolute Gasteiger partial charge is 0.393 e. The molecular weight excluding hydrogens is 558 g/mol. The molecule has 40 heavy (non-hydrogen) atoms. The number of halogens is 7. The maximum atomic E-state index is 13.1. The van der Waals surface area contributed by atoms with Crippen molar-refractivity contribution in [1.82, 2.24) is 9.80 Å². The molecule has 0 radical (unpaired) electrons. The molecule has 2 heterocycles. The first-order valence-electron chi connectivity index (χ1n) is 12.3. The number of rotatable bonds is 7. The molecule has 0 saturated heterocycles. The number of carbonyl (C=O) groups excluding carboxylic acids is 1. The van der Waals surface area contributed by atoms with Crippen molar-refractivity contribution >= 4 is 30.5 Å². The molecule has 0 atom stereocenters. The van der Waals surface area contributed by atoms with E-state index in [1.807, 2.05) is 25.1 Å². The molecule has 1 aromatic heterocycles. The van der Waals surface area contributed by atoms with Crippen LogP contribution in [0.1, 0.15) is 49.7 Å². The van der Waals surface area contributed by atoms with E-state index in [0.717, 1.165) is 23.2 Å². The Morgan fingerprint density at radius 3 is 2.02 bits per heavy atom. The molecule has 0 N–H and O–H groups in total. The van der Waals surface area contributed by atoms with Crippen molar-refractivity contribution in [3.8, 4) is 0 Å². The van der Waals surface area contributed by atoms with Gasteiger partial charge in [0, 0.05) is 12.1 Å². The molecule has 0 aliphatic carbocycles. The largest absolute Gasteiger partial charge is 0.463 e. The fraction of sp³-hybridized carbons (Fsp3) is 0.345. The van der Waals surface area contributed by atoms with Crippen molar-refractivity contribution in [1.29, 1.82) is 0 Å². The number of fused-ring (bicyclic) bond motifs is 1. The summed E-state index contributed by atoms with van der Waals surface area (Å²) in [7, 11) is 3.90. The first-order valence-corrected chi connectivity index (χ1v) is 12.3. The maximum Gasteiger partial charge on any atom is 0.393 e. The Balaban J connectivity index is 0.00000441. The Labute approximate surface area is 234 Å². The van der Waals surface area contributed by atoms with Crippen LogP contribution in [0.5, 0.6) is 0 Å². The first-order chi connectivity index (χ1) is 18.2. The number of nitrogens with zero attached hydrogens (tertiary/aromatic N) is 2. The molecule has 3 aromatic rings. The van der Waals surface area contributed by atoms with Gasteiger partial charge in [-0.15, -0.1) is 12.4 Å². The minimum absolute atomic E-state index is 0. The zero-order chi connectivity index (χ0) is 28.4. The van der Waals surface area contributed by atoms with Crippen molar-refractivity contribution in [3.63, 3.8) is 0 Å². The van der Waals surface area contributed by atoms with Crippen LogP contribution in [-0.2, 0) is 32.4 Å². The molecule has 0 saturated carbocycles. The predicted octanol–water partition coefficient (Wildman–Crippen LogP) is 7.34. The lowest BCUT2D eigenvalue weighted by Crippen LogP contribution is -2.35. The minimum Gasteiger partial charge on any atom is -0.463 e. The van der Waals surface area contributed by atoms with Crippen molar-refractivity contribution in [3.05, 3.63) is 93.4 Å². The SMILES string of the molecule is CN(C)Cc1cc2c(o1)CN(C(=O)c1ccc(C=Cc3cc(CC(F)(F)F)cc(CC(F)(F)F)c3)cc1)CC2.Cl. The van der Waals surface area contributed by atoms with Gasteiger partial charge in [-0.05, 0) is 66.5 Å². The van der Waals surface area contributed by atoms with Gasteiger partial charge in [0.05, 0.1) is 25.9 Å². The monoisotopic (exact) mass is 586 g/mol. The second-order valence-corrected chi connectivity index (χ2v) is 10.00. The maximum absolute atomic E-state index is 13.1. The summed E-state index contributed by atoms with van der Waals surface area (Å²) in [6.45, 7) is 1.60. The summed E-state index contributed by atoms with van der Waals surface area (Å²) in [5.74, 6) is 1.48. The average molecular weight is 587 g/mol. The third kappa shape index (κ3) is 8.89. The zero-order valence-electron chi connectivity index (χ0n) is 21.9. The van der Waals surface area contributed by atoms with Gasteiger partial charge in [-0.1, -0.05) is 42.5 Å². The number of amides is 1. The van der Waals surface area contributed by atoms with E-state index >= 15 is 0 Å². The Morgan fingerprint density at radius 2 is 1.48 bits per heavy atom. The van der Waals surface area contributed by atoms with Crippen molar-refractivity contribution in [2.24, 2.45) is 0 Å². The normalized spacial score (nSPS) is 14.0. The van der Waals surface area contributed by atoms with Gasteiger partial charge in [0.15, 0.2) is 0 Å². The molecule has 11 heteroatoms. The summed E-state index contributed by atoms with van der Waals surface area (Å²) < 4.78 is 83.2. The molecule has 1 amide bonds.